The number of hydrogen-bond donors (Lipinski definition) is 0. The first-order valence-electron chi connectivity index (χ1n) is 10.2. The van der Waals surface area contributed by atoms with Gasteiger partial charge in [0.05, 0.1) is 18.1 Å². The number of rotatable bonds is 6. The number of hydrogen-bond acceptors (Lipinski definition) is 5. The molecule has 1 amide bonds. The average molecular weight is 431 g/mol. The number of ether oxygens (including phenoxy) is 2. The van der Waals surface area contributed by atoms with Gasteiger partial charge < -0.3 is 14.4 Å². The van der Waals surface area contributed by atoms with Crippen LogP contribution in [0.3, 0.4) is 0 Å². The maximum atomic E-state index is 13.1. The van der Waals surface area contributed by atoms with Crippen LogP contribution in [-0.2, 0) is 19.6 Å². The zero-order valence-electron chi connectivity index (χ0n) is 16.8. The summed E-state index contributed by atoms with van der Waals surface area (Å²) in [5.41, 5.74) is 0.777. The molecule has 1 atom stereocenters. The van der Waals surface area contributed by atoms with Crippen LogP contribution in [0.4, 0.5) is 0 Å². The molecule has 0 bridgehead atoms. The summed E-state index contributed by atoms with van der Waals surface area (Å²) in [7, 11) is -3.57. The third kappa shape index (κ3) is 4.50. The lowest BCUT2D eigenvalue weighted by molar-refractivity contribution is -0.137. The van der Waals surface area contributed by atoms with Crippen LogP contribution in [0.15, 0.2) is 59.5 Å². The molecule has 0 radical (unpaired) electrons. The fraction of sp³-hybridized carbons (Fsp3) is 0.409. The van der Waals surface area contributed by atoms with Crippen molar-refractivity contribution in [2.24, 2.45) is 0 Å². The van der Waals surface area contributed by atoms with E-state index < -0.39 is 16.1 Å². The van der Waals surface area contributed by atoms with Crippen molar-refractivity contribution < 1.29 is 22.7 Å². The molecular weight excluding hydrogens is 404 g/mol. The molecule has 2 saturated heterocycles. The second-order valence-corrected chi connectivity index (χ2v) is 9.37. The third-order valence-electron chi connectivity index (χ3n) is 5.43. The molecule has 0 aliphatic carbocycles. The van der Waals surface area contributed by atoms with E-state index >= 15 is 0 Å². The van der Waals surface area contributed by atoms with Crippen LogP contribution in [-0.4, -0.2) is 62.9 Å². The van der Waals surface area contributed by atoms with Gasteiger partial charge in [-0.1, -0.05) is 30.3 Å². The SMILES string of the molecule is O=C([C@@H](Oc1ccc(S(=O)(=O)N2CCOCC2)cc1)c1ccccc1)N1CCCC1. The number of carbonyl (C=O) groups is 1. The van der Waals surface area contributed by atoms with Gasteiger partial charge in [-0.3, -0.25) is 4.79 Å². The Morgan fingerprint density at radius 3 is 2.17 bits per heavy atom. The van der Waals surface area contributed by atoms with E-state index in [9.17, 15) is 13.2 Å². The van der Waals surface area contributed by atoms with E-state index in [0.717, 1.165) is 31.5 Å². The molecule has 30 heavy (non-hydrogen) atoms. The first-order valence-corrected chi connectivity index (χ1v) is 11.7. The Bertz CT molecular complexity index is 951. The van der Waals surface area contributed by atoms with E-state index in [-0.39, 0.29) is 10.8 Å². The van der Waals surface area contributed by atoms with Gasteiger partial charge in [-0.25, -0.2) is 8.42 Å². The molecule has 0 unspecified atom stereocenters. The average Bonchev–Trinajstić information content (AvgIpc) is 3.34. The van der Waals surface area contributed by atoms with E-state index in [4.69, 9.17) is 9.47 Å². The first-order chi connectivity index (χ1) is 14.6. The van der Waals surface area contributed by atoms with Gasteiger partial charge in [-0.05, 0) is 37.1 Å². The van der Waals surface area contributed by atoms with Gasteiger partial charge in [0, 0.05) is 31.7 Å². The van der Waals surface area contributed by atoms with E-state index in [1.54, 1.807) is 12.1 Å². The molecule has 0 N–H and O–H groups in total. The van der Waals surface area contributed by atoms with Crippen LogP contribution in [0.1, 0.15) is 24.5 Å². The van der Waals surface area contributed by atoms with Crippen molar-refractivity contribution in [2.45, 2.75) is 23.8 Å². The first kappa shape index (κ1) is 20.8. The summed E-state index contributed by atoms with van der Waals surface area (Å²) < 4.78 is 38.3. The Balaban J connectivity index is 1.54. The van der Waals surface area contributed by atoms with Crippen LogP contribution >= 0.6 is 0 Å². The molecule has 0 aromatic heterocycles. The largest absolute Gasteiger partial charge is 0.476 e. The van der Waals surface area contributed by atoms with Gasteiger partial charge in [0.15, 0.2) is 0 Å². The Kier molecular flexibility index (Phi) is 6.36. The molecular formula is C22H26N2O5S. The molecule has 160 valence electrons. The zero-order chi connectivity index (χ0) is 21.0. The van der Waals surface area contributed by atoms with Crippen LogP contribution in [0.2, 0.25) is 0 Å². The molecule has 2 aromatic carbocycles. The normalized spacial score (nSPS) is 18.9. The summed E-state index contributed by atoms with van der Waals surface area (Å²) >= 11 is 0. The standard InChI is InChI=1S/C22H26N2O5S/c25-22(23-12-4-5-13-23)21(18-6-2-1-3-7-18)29-19-8-10-20(11-9-19)30(26,27)24-14-16-28-17-15-24/h1-3,6-11,21H,4-5,12-17H2/t21-/m0/s1. The summed E-state index contributed by atoms with van der Waals surface area (Å²) in [5, 5.41) is 0. The minimum Gasteiger partial charge on any atom is -0.476 e. The van der Waals surface area contributed by atoms with Gasteiger partial charge in [0.1, 0.15) is 5.75 Å². The highest BCUT2D eigenvalue weighted by Gasteiger charge is 2.30. The molecule has 2 fully saturated rings. The minimum atomic E-state index is -3.57. The molecule has 8 heteroatoms. The van der Waals surface area contributed by atoms with Crippen molar-refractivity contribution in [3.63, 3.8) is 0 Å². The van der Waals surface area contributed by atoms with Crippen molar-refractivity contribution in [3.05, 3.63) is 60.2 Å². The zero-order valence-corrected chi connectivity index (χ0v) is 17.6. The van der Waals surface area contributed by atoms with Crippen molar-refractivity contribution in [3.8, 4) is 5.75 Å². The fourth-order valence-corrected chi connectivity index (χ4v) is 5.16. The van der Waals surface area contributed by atoms with E-state index in [0.29, 0.717) is 32.1 Å². The van der Waals surface area contributed by atoms with E-state index in [1.807, 2.05) is 35.2 Å². The second kappa shape index (κ2) is 9.16. The highest BCUT2D eigenvalue weighted by molar-refractivity contribution is 7.89. The van der Waals surface area contributed by atoms with E-state index in [2.05, 4.69) is 0 Å². The fourth-order valence-electron chi connectivity index (χ4n) is 3.75. The lowest BCUT2D eigenvalue weighted by atomic mass is 10.1. The monoisotopic (exact) mass is 430 g/mol. The highest BCUT2D eigenvalue weighted by Crippen LogP contribution is 2.27. The van der Waals surface area contributed by atoms with E-state index in [1.165, 1.54) is 16.4 Å². The predicted molar refractivity (Wildman–Crippen MR) is 112 cm³/mol. The molecule has 4 rings (SSSR count). The summed E-state index contributed by atoms with van der Waals surface area (Å²) in [6, 6.07) is 15.7. The van der Waals surface area contributed by atoms with Crippen LogP contribution < -0.4 is 4.74 Å². The molecule has 2 aliphatic heterocycles. The van der Waals surface area contributed by atoms with Crippen molar-refractivity contribution in [2.75, 3.05) is 39.4 Å². The van der Waals surface area contributed by atoms with Gasteiger partial charge in [-0.2, -0.15) is 4.31 Å². The highest BCUT2D eigenvalue weighted by atomic mass is 32.2. The third-order valence-corrected chi connectivity index (χ3v) is 7.34. The van der Waals surface area contributed by atoms with Gasteiger partial charge in [-0.15, -0.1) is 0 Å². The number of sulfonamides is 1. The Labute approximate surface area is 177 Å². The molecule has 2 heterocycles. The molecule has 7 nitrogen and oxygen atoms in total. The maximum Gasteiger partial charge on any atom is 0.268 e. The second-order valence-electron chi connectivity index (χ2n) is 7.43. The molecule has 2 aliphatic rings. The van der Waals surface area contributed by atoms with Crippen molar-refractivity contribution in [1.82, 2.24) is 9.21 Å². The van der Waals surface area contributed by atoms with Gasteiger partial charge in [0.2, 0.25) is 16.1 Å². The molecule has 2 aromatic rings. The summed E-state index contributed by atoms with van der Waals surface area (Å²) in [6.45, 7) is 2.97. The predicted octanol–water partition coefficient (Wildman–Crippen LogP) is 2.45. The van der Waals surface area contributed by atoms with Crippen LogP contribution in [0.25, 0.3) is 0 Å². The Morgan fingerprint density at radius 1 is 0.900 bits per heavy atom. The summed E-state index contributed by atoms with van der Waals surface area (Å²) in [6.07, 6.45) is 1.24. The number of likely N-dealkylation sites (tertiary alicyclic amines) is 1. The topological polar surface area (TPSA) is 76.2 Å². The van der Waals surface area contributed by atoms with Gasteiger partial charge >= 0.3 is 0 Å². The number of amides is 1. The summed E-state index contributed by atoms with van der Waals surface area (Å²) in [5.74, 6) is 0.390. The molecule has 0 saturated carbocycles. The van der Waals surface area contributed by atoms with Crippen LogP contribution in [0.5, 0.6) is 5.75 Å². The number of benzene rings is 2. The lowest BCUT2D eigenvalue weighted by Crippen LogP contribution is -2.40. The number of morpholine rings is 1. The molecule has 0 spiro atoms. The minimum absolute atomic E-state index is 0.0660. The maximum absolute atomic E-state index is 13.1. The lowest BCUT2D eigenvalue weighted by Gasteiger charge is -2.26. The quantitative estimate of drug-likeness (QED) is 0.704. The number of carbonyl (C=O) groups excluding carboxylic acids is 1. The Morgan fingerprint density at radius 2 is 1.53 bits per heavy atom. The van der Waals surface area contributed by atoms with Gasteiger partial charge in [0.25, 0.3) is 5.91 Å². The number of nitrogens with zero attached hydrogens (tertiary/aromatic N) is 2. The van der Waals surface area contributed by atoms with Crippen LogP contribution in [0, 0.1) is 0 Å². The smallest absolute Gasteiger partial charge is 0.268 e. The summed E-state index contributed by atoms with van der Waals surface area (Å²) in [4.78, 5) is 15.1. The Hall–Kier alpha value is -2.42. The van der Waals surface area contributed by atoms with Crippen molar-refractivity contribution >= 4 is 15.9 Å². The van der Waals surface area contributed by atoms with Crippen molar-refractivity contribution in [1.29, 1.82) is 0 Å².